The summed E-state index contributed by atoms with van der Waals surface area (Å²) in [5.41, 5.74) is 2.65. The largest absolute Gasteiger partial charge is 0.490 e. The smallest absolute Gasteiger partial charge is 0.141 e. The molecule has 1 N–H and O–H groups in total. The van der Waals surface area contributed by atoms with Gasteiger partial charge in [-0.15, -0.1) is 0 Å². The Morgan fingerprint density at radius 2 is 1.85 bits per heavy atom. The van der Waals surface area contributed by atoms with Crippen molar-refractivity contribution in [2.75, 3.05) is 20.3 Å². The molecule has 27 heavy (non-hydrogen) atoms. The molecule has 0 saturated heterocycles. The van der Waals surface area contributed by atoms with Gasteiger partial charge < -0.3 is 14.5 Å². The predicted molar refractivity (Wildman–Crippen MR) is 104 cm³/mol. The molecule has 136 valence electrons. The summed E-state index contributed by atoms with van der Waals surface area (Å²) in [5.74, 6) is 1.15. The number of H-pyrrole nitrogens is 1. The second-order valence-corrected chi connectivity index (χ2v) is 6.14. The van der Waals surface area contributed by atoms with Gasteiger partial charge in [-0.2, -0.15) is 0 Å². The van der Waals surface area contributed by atoms with Crippen molar-refractivity contribution in [2.24, 2.45) is 0 Å². The summed E-state index contributed by atoms with van der Waals surface area (Å²) in [6, 6.07) is 16.6. The average Bonchev–Trinajstić information content (AvgIpc) is 3.23. The average molecular weight is 362 g/mol. The first kappa shape index (κ1) is 17.2. The molecule has 1 heterocycles. The van der Waals surface area contributed by atoms with E-state index in [1.807, 2.05) is 24.3 Å². The highest BCUT2D eigenvalue weighted by atomic mass is 19.1. The van der Waals surface area contributed by atoms with Crippen molar-refractivity contribution in [3.8, 4) is 28.3 Å². The van der Waals surface area contributed by atoms with Gasteiger partial charge in [0.05, 0.1) is 12.2 Å². The van der Waals surface area contributed by atoms with Crippen molar-refractivity contribution >= 4 is 10.8 Å². The third-order valence-electron chi connectivity index (χ3n) is 4.42. The Morgan fingerprint density at radius 3 is 2.59 bits per heavy atom. The van der Waals surface area contributed by atoms with E-state index in [1.165, 1.54) is 12.1 Å². The molecule has 0 amide bonds. The predicted octanol–water partition coefficient (Wildman–Crippen LogP) is 5.06. The molecule has 4 nitrogen and oxygen atoms in total. The Bertz CT molecular complexity index is 1040. The number of rotatable bonds is 6. The van der Waals surface area contributed by atoms with Crippen molar-refractivity contribution in [2.45, 2.75) is 0 Å². The van der Waals surface area contributed by atoms with Gasteiger partial charge in [0.2, 0.25) is 0 Å². The third kappa shape index (κ3) is 3.41. The first-order valence-corrected chi connectivity index (χ1v) is 8.71. The molecular weight excluding hydrogens is 343 g/mol. The van der Waals surface area contributed by atoms with E-state index in [-0.39, 0.29) is 5.82 Å². The normalized spacial score (nSPS) is 11.0. The maximum Gasteiger partial charge on any atom is 0.141 e. The number of benzene rings is 3. The van der Waals surface area contributed by atoms with Gasteiger partial charge in [-0.05, 0) is 34.5 Å². The Kier molecular flexibility index (Phi) is 4.85. The molecule has 5 heteroatoms. The highest BCUT2D eigenvalue weighted by Gasteiger charge is 2.19. The zero-order valence-electron chi connectivity index (χ0n) is 14.9. The Hall–Kier alpha value is -3.18. The highest BCUT2D eigenvalue weighted by molar-refractivity contribution is 6.03. The number of ether oxygens (including phenoxy) is 2. The summed E-state index contributed by atoms with van der Waals surface area (Å²) < 4.78 is 24.8. The number of imidazole rings is 1. The topological polar surface area (TPSA) is 47.1 Å². The number of methoxy groups -OCH3 is 1. The Balaban J connectivity index is 2.01. The standard InChI is InChI=1S/C22H19FN2O2/c1-26-12-13-27-21-19(22-24-10-11-25-22)14-16-4-2-3-5-18(16)20(21)15-6-8-17(23)9-7-15/h2-11,14H,12-13H2,1H3,(H,24,25). The van der Waals surface area contributed by atoms with Gasteiger partial charge in [-0.1, -0.05) is 36.4 Å². The number of nitrogens with one attached hydrogen (secondary N) is 1. The van der Waals surface area contributed by atoms with Crippen LogP contribution in [0.25, 0.3) is 33.3 Å². The Morgan fingerprint density at radius 1 is 1.04 bits per heavy atom. The first-order chi connectivity index (χ1) is 13.3. The maximum absolute atomic E-state index is 13.5. The van der Waals surface area contributed by atoms with Crippen LogP contribution in [0.2, 0.25) is 0 Å². The van der Waals surface area contributed by atoms with E-state index in [2.05, 4.69) is 16.0 Å². The molecule has 0 spiro atoms. The van der Waals surface area contributed by atoms with Crippen LogP contribution < -0.4 is 4.74 Å². The van der Waals surface area contributed by atoms with Crippen LogP contribution in [0.15, 0.2) is 67.0 Å². The van der Waals surface area contributed by atoms with Crippen molar-refractivity contribution in [3.63, 3.8) is 0 Å². The number of halogens is 1. The summed E-state index contributed by atoms with van der Waals surface area (Å²) in [7, 11) is 1.64. The van der Waals surface area contributed by atoms with E-state index in [0.717, 1.165) is 33.3 Å². The molecule has 0 saturated carbocycles. The minimum atomic E-state index is -0.271. The van der Waals surface area contributed by atoms with E-state index >= 15 is 0 Å². The summed E-state index contributed by atoms with van der Waals surface area (Å²) in [6.07, 6.45) is 3.49. The van der Waals surface area contributed by atoms with Crippen molar-refractivity contribution in [1.82, 2.24) is 9.97 Å². The quantitative estimate of drug-likeness (QED) is 0.488. The van der Waals surface area contributed by atoms with Gasteiger partial charge in [0.1, 0.15) is 24.0 Å². The van der Waals surface area contributed by atoms with Crippen molar-refractivity contribution in [3.05, 3.63) is 72.8 Å². The van der Waals surface area contributed by atoms with Gasteiger partial charge >= 0.3 is 0 Å². The summed E-state index contributed by atoms with van der Waals surface area (Å²) in [5, 5.41) is 2.09. The number of fused-ring (bicyclic) bond motifs is 1. The number of hydrogen-bond donors (Lipinski definition) is 1. The second kappa shape index (κ2) is 7.60. The molecule has 0 bridgehead atoms. The number of aromatic amines is 1. The lowest BCUT2D eigenvalue weighted by atomic mass is 9.93. The second-order valence-electron chi connectivity index (χ2n) is 6.14. The molecule has 0 aliphatic heterocycles. The summed E-state index contributed by atoms with van der Waals surface area (Å²) in [6.45, 7) is 0.865. The van der Waals surface area contributed by atoms with Crippen LogP contribution in [0.1, 0.15) is 0 Å². The van der Waals surface area contributed by atoms with Crippen LogP contribution in [-0.2, 0) is 4.74 Å². The van der Waals surface area contributed by atoms with Crippen molar-refractivity contribution in [1.29, 1.82) is 0 Å². The van der Waals surface area contributed by atoms with Crippen molar-refractivity contribution < 1.29 is 13.9 Å². The van der Waals surface area contributed by atoms with Gasteiger partial charge in [0.25, 0.3) is 0 Å². The Labute approximate surface area is 156 Å². The van der Waals surface area contributed by atoms with Crippen LogP contribution >= 0.6 is 0 Å². The van der Waals surface area contributed by atoms with Crippen LogP contribution in [0.3, 0.4) is 0 Å². The van der Waals surface area contributed by atoms with E-state index in [0.29, 0.717) is 19.0 Å². The summed E-state index contributed by atoms with van der Waals surface area (Å²) >= 11 is 0. The number of hydrogen-bond acceptors (Lipinski definition) is 3. The van der Waals surface area contributed by atoms with E-state index < -0.39 is 0 Å². The highest BCUT2D eigenvalue weighted by Crippen LogP contribution is 2.43. The molecule has 0 atom stereocenters. The number of aromatic nitrogens is 2. The first-order valence-electron chi connectivity index (χ1n) is 8.71. The molecule has 0 aliphatic carbocycles. The molecule has 0 radical (unpaired) electrons. The molecule has 3 aromatic carbocycles. The molecule has 4 rings (SSSR count). The lowest BCUT2D eigenvalue weighted by Crippen LogP contribution is -2.07. The fourth-order valence-corrected chi connectivity index (χ4v) is 3.20. The lowest BCUT2D eigenvalue weighted by molar-refractivity contribution is 0.147. The maximum atomic E-state index is 13.5. The molecule has 1 aromatic heterocycles. The molecule has 0 unspecified atom stereocenters. The molecule has 0 aliphatic rings. The van der Waals surface area contributed by atoms with E-state index in [4.69, 9.17) is 9.47 Å². The van der Waals surface area contributed by atoms with Crippen LogP contribution in [-0.4, -0.2) is 30.3 Å². The van der Waals surface area contributed by atoms with Gasteiger partial charge in [-0.25, -0.2) is 9.37 Å². The minimum absolute atomic E-state index is 0.271. The van der Waals surface area contributed by atoms with E-state index in [1.54, 1.807) is 31.6 Å². The zero-order valence-corrected chi connectivity index (χ0v) is 14.9. The fourth-order valence-electron chi connectivity index (χ4n) is 3.20. The zero-order chi connectivity index (χ0) is 18.6. The van der Waals surface area contributed by atoms with Crippen LogP contribution in [0.4, 0.5) is 4.39 Å². The van der Waals surface area contributed by atoms with Crippen LogP contribution in [0, 0.1) is 5.82 Å². The van der Waals surface area contributed by atoms with E-state index in [9.17, 15) is 4.39 Å². The third-order valence-corrected chi connectivity index (χ3v) is 4.42. The van der Waals surface area contributed by atoms with Gasteiger partial charge in [-0.3, -0.25) is 0 Å². The lowest BCUT2D eigenvalue weighted by Gasteiger charge is -2.18. The fraction of sp³-hybridized carbons (Fsp3) is 0.136. The minimum Gasteiger partial charge on any atom is -0.490 e. The number of nitrogens with zero attached hydrogens (tertiary/aromatic N) is 1. The summed E-state index contributed by atoms with van der Waals surface area (Å²) in [4.78, 5) is 7.56. The SMILES string of the molecule is COCCOc1c(-c2ncc[nH]2)cc2ccccc2c1-c1ccc(F)cc1. The van der Waals surface area contributed by atoms with Gasteiger partial charge in [0.15, 0.2) is 0 Å². The van der Waals surface area contributed by atoms with Crippen LogP contribution in [0.5, 0.6) is 5.75 Å². The monoisotopic (exact) mass is 362 g/mol. The van der Waals surface area contributed by atoms with Gasteiger partial charge in [0, 0.05) is 25.1 Å². The molecule has 0 fully saturated rings. The molecule has 4 aromatic rings. The molecular formula is C22H19FN2O2.